The molecular formula is C15H20O3. The van der Waals surface area contributed by atoms with Crippen LogP contribution in [0.3, 0.4) is 0 Å². The summed E-state index contributed by atoms with van der Waals surface area (Å²) in [6.45, 7) is 6.64. The van der Waals surface area contributed by atoms with E-state index < -0.39 is 5.41 Å². The molecule has 0 aromatic carbocycles. The van der Waals surface area contributed by atoms with Gasteiger partial charge in [0.15, 0.2) is 0 Å². The Hall–Kier alpha value is -0.830. The molecule has 5 rings (SSSR count). The van der Waals surface area contributed by atoms with E-state index in [1.54, 1.807) is 7.11 Å². The van der Waals surface area contributed by atoms with E-state index in [2.05, 4.69) is 13.5 Å². The molecule has 3 heteroatoms. The minimum atomic E-state index is -0.409. The molecular weight excluding hydrogens is 228 g/mol. The van der Waals surface area contributed by atoms with Gasteiger partial charge >= 0.3 is 5.97 Å². The lowest BCUT2D eigenvalue weighted by molar-refractivity contribution is -0.162. The molecule has 3 nitrogen and oxygen atoms in total. The van der Waals surface area contributed by atoms with Crippen LogP contribution in [-0.4, -0.2) is 25.8 Å². The Morgan fingerprint density at radius 2 is 1.94 bits per heavy atom. The molecule has 0 amide bonds. The summed E-state index contributed by atoms with van der Waals surface area (Å²) >= 11 is 0. The first-order chi connectivity index (χ1) is 8.48. The quantitative estimate of drug-likeness (QED) is 0.555. The van der Waals surface area contributed by atoms with Gasteiger partial charge < -0.3 is 9.47 Å². The molecule has 5 saturated carbocycles. The smallest absolute Gasteiger partial charge is 0.316 e. The Morgan fingerprint density at radius 1 is 1.28 bits per heavy atom. The molecule has 0 aliphatic heterocycles. The van der Waals surface area contributed by atoms with Gasteiger partial charge in [-0.15, -0.1) is 0 Å². The van der Waals surface area contributed by atoms with E-state index in [1.807, 2.05) is 0 Å². The van der Waals surface area contributed by atoms with Crippen molar-refractivity contribution >= 4 is 5.97 Å². The van der Waals surface area contributed by atoms with Crippen molar-refractivity contribution < 1.29 is 14.3 Å². The normalized spacial score (nSPS) is 53.5. The van der Waals surface area contributed by atoms with Gasteiger partial charge in [0.05, 0.1) is 12.7 Å². The summed E-state index contributed by atoms with van der Waals surface area (Å²) in [6.07, 6.45) is 4.33. The van der Waals surface area contributed by atoms with Gasteiger partial charge in [-0.1, -0.05) is 19.1 Å². The van der Waals surface area contributed by atoms with Crippen LogP contribution in [0.1, 0.15) is 32.6 Å². The molecule has 5 aliphatic carbocycles. The number of hydrogen-bond acceptors (Lipinski definition) is 3. The number of fused-ring (bicyclic) bond motifs is 1. The van der Waals surface area contributed by atoms with E-state index in [0.29, 0.717) is 0 Å². The van der Waals surface area contributed by atoms with Crippen LogP contribution in [-0.2, 0) is 14.3 Å². The van der Waals surface area contributed by atoms with Crippen LogP contribution < -0.4 is 0 Å². The highest BCUT2D eigenvalue weighted by Gasteiger charge is 3.00. The van der Waals surface area contributed by atoms with Gasteiger partial charge in [-0.05, 0) is 36.5 Å². The van der Waals surface area contributed by atoms with Crippen molar-refractivity contribution in [2.45, 2.75) is 38.2 Å². The standard InChI is InChI=1S/C15H20O3/c1-9-10-14(18-4)8-5-12(9,2)13(6-7-13)15(10,14)11(16)17-3/h10H,1,5-8H2,2-4H3/t10-,12-,14-,15-/m0/s1. The summed E-state index contributed by atoms with van der Waals surface area (Å²) in [7, 11) is 3.25. The maximum absolute atomic E-state index is 12.5. The lowest BCUT2D eigenvalue weighted by Gasteiger charge is -2.48. The van der Waals surface area contributed by atoms with Crippen molar-refractivity contribution in [1.29, 1.82) is 0 Å². The zero-order valence-electron chi connectivity index (χ0n) is 11.3. The molecule has 5 aliphatic rings. The van der Waals surface area contributed by atoms with E-state index in [9.17, 15) is 4.79 Å². The van der Waals surface area contributed by atoms with Crippen LogP contribution in [0.4, 0.5) is 0 Å². The molecule has 0 aromatic heterocycles. The molecule has 18 heavy (non-hydrogen) atoms. The van der Waals surface area contributed by atoms with E-state index in [-0.39, 0.29) is 28.3 Å². The van der Waals surface area contributed by atoms with Crippen molar-refractivity contribution in [3.63, 3.8) is 0 Å². The molecule has 0 radical (unpaired) electrons. The predicted octanol–water partition coefficient (Wildman–Crippen LogP) is 2.31. The minimum absolute atomic E-state index is 0.0589. The van der Waals surface area contributed by atoms with E-state index in [4.69, 9.17) is 9.47 Å². The number of esters is 1. The fourth-order valence-electron chi connectivity index (χ4n) is 6.07. The molecule has 4 bridgehead atoms. The average molecular weight is 248 g/mol. The van der Waals surface area contributed by atoms with Gasteiger partial charge in [0.1, 0.15) is 5.41 Å². The van der Waals surface area contributed by atoms with E-state index >= 15 is 0 Å². The summed E-state index contributed by atoms with van der Waals surface area (Å²) in [5.74, 6) is 0.139. The summed E-state index contributed by atoms with van der Waals surface area (Å²) in [6, 6.07) is 0. The number of carbonyl (C=O) groups is 1. The largest absolute Gasteiger partial charge is 0.468 e. The summed E-state index contributed by atoms with van der Waals surface area (Å²) in [5, 5.41) is 0. The fraction of sp³-hybridized carbons (Fsp3) is 0.800. The second-order valence-electron chi connectivity index (χ2n) is 6.77. The van der Waals surface area contributed by atoms with Gasteiger partial charge in [-0.2, -0.15) is 0 Å². The van der Waals surface area contributed by atoms with Crippen molar-refractivity contribution in [2.75, 3.05) is 14.2 Å². The van der Waals surface area contributed by atoms with Crippen LogP contribution in [0.15, 0.2) is 12.2 Å². The van der Waals surface area contributed by atoms with Crippen LogP contribution in [0, 0.1) is 22.2 Å². The molecule has 0 aromatic rings. The van der Waals surface area contributed by atoms with Crippen molar-refractivity contribution in [3.8, 4) is 0 Å². The summed E-state index contributed by atoms with van der Waals surface area (Å²) in [5.41, 5.74) is 0.757. The first kappa shape index (κ1) is 11.0. The third kappa shape index (κ3) is 0.637. The maximum atomic E-state index is 12.5. The Bertz CT molecular complexity index is 492. The Kier molecular flexibility index (Phi) is 1.57. The van der Waals surface area contributed by atoms with Crippen LogP contribution in [0.25, 0.3) is 0 Å². The van der Waals surface area contributed by atoms with Crippen molar-refractivity contribution in [3.05, 3.63) is 12.2 Å². The predicted molar refractivity (Wildman–Crippen MR) is 65.8 cm³/mol. The first-order valence-electron chi connectivity index (χ1n) is 6.81. The van der Waals surface area contributed by atoms with Gasteiger partial charge in [0.2, 0.25) is 0 Å². The highest BCUT2D eigenvalue weighted by molar-refractivity contribution is 5.90. The minimum Gasteiger partial charge on any atom is -0.468 e. The van der Waals surface area contributed by atoms with E-state index in [0.717, 1.165) is 25.7 Å². The van der Waals surface area contributed by atoms with Crippen LogP contribution in [0.5, 0.6) is 0 Å². The van der Waals surface area contributed by atoms with Gasteiger partial charge in [0.25, 0.3) is 0 Å². The molecule has 1 spiro atoms. The molecule has 5 fully saturated rings. The summed E-state index contributed by atoms with van der Waals surface area (Å²) < 4.78 is 11.0. The lowest BCUT2D eigenvalue weighted by Crippen LogP contribution is -2.50. The Balaban J connectivity index is 1.97. The van der Waals surface area contributed by atoms with Gasteiger partial charge in [-0.3, -0.25) is 4.79 Å². The third-order valence-electron chi connectivity index (χ3n) is 6.97. The second kappa shape index (κ2) is 2.55. The lowest BCUT2D eigenvalue weighted by atomic mass is 9.57. The highest BCUT2D eigenvalue weighted by Crippen LogP contribution is 2.96. The third-order valence-corrected chi connectivity index (χ3v) is 6.97. The fourth-order valence-corrected chi connectivity index (χ4v) is 6.07. The number of ether oxygens (including phenoxy) is 2. The molecule has 0 unspecified atom stereocenters. The number of methoxy groups -OCH3 is 2. The molecule has 0 heterocycles. The van der Waals surface area contributed by atoms with Crippen LogP contribution in [0.2, 0.25) is 0 Å². The summed E-state index contributed by atoms with van der Waals surface area (Å²) in [4.78, 5) is 12.5. The number of rotatable bonds is 2. The zero-order chi connectivity index (χ0) is 13.0. The highest BCUT2D eigenvalue weighted by atomic mass is 16.5. The monoisotopic (exact) mass is 248 g/mol. The number of carbonyl (C=O) groups excluding carboxylic acids is 1. The first-order valence-corrected chi connectivity index (χ1v) is 6.81. The van der Waals surface area contributed by atoms with Crippen molar-refractivity contribution in [1.82, 2.24) is 0 Å². The Morgan fingerprint density at radius 3 is 2.44 bits per heavy atom. The zero-order valence-corrected chi connectivity index (χ0v) is 11.3. The molecule has 4 atom stereocenters. The van der Waals surface area contributed by atoms with Crippen LogP contribution >= 0.6 is 0 Å². The maximum Gasteiger partial charge on any atom is 0.316 e. The van der Waals surface area contributed by atoms with Gasteiger partial charge in [0, 0.05) is 13.0 Å². The van der Waals surface area contributed by atoms with Gasteiger partial charge in [-0.25, -0.2) is 0 Å². The Labute approximate surface area is 108 Å². The SMILES string of the molecule is C=C1[C@H]2[C@@]3(OC)CC[C@]1(C)C1(CC1)[C@@]23C(=O)OC. The number of hydrogen-bond donors (Lipinski definition) is 0. The van der Waals surface area contributed by atoms with E-state index in [1.165, 1.54) is 12.7 Å². The molecule has 0 saturated heterocycles. The molecule has 98 valence electrons. The van der Waals surface area contributed by atoms with Crippen molar-refractivity contribution in [2.24, 2.45) is 22.2 Å². The topological polar surface area (TPSA) is 35.5 Å². The average Bonchev–Trinajstić information content (AvgIpc) is 3.24. The second-order valence-corrected chi connectivity index (χ2v) is 6.77. The molecule has 0 N–H and O–H groups in total.